The Balaban J connectivity index is 3.69. The highest BCUT2D eigenvalue weighted by molar-refractivity contribution is 7.47. The Bertz CT molecular complexity index is 479. The van der Waals surface area contributed by atoms with Gasteiger partial charge in [0.05, 0.1) is 19.8 Å². The number of esters is 1. The monoisotopic (exact) mass is 481 g/mol. The zero-order valence-electron chi connectivity index (χ0n) is 20.4. The summed E-state index contributed by atoms with van der Waals surface area (Å²) >= 11 is 0. The molecule has 0 aromatic heterocycles. The molecule has 0 bridgehead atoms. The largest absolute Gasteiger partial charge is 0.472 e. The first-order chi connectivity index (χ1) is 15.4. The van der Waals surface area contributed by atoms with Crippen LogP contribution in [-0.2, 0) is 27.9 Å². The van der Waals surface area contributed by atoms with Gasteiger partial charge in [-0.05, 0) is 6.42 Å². The summed E-state index contributed by atoms with van der Waals surface area (Å²) in [6, 6.07) is 0. The lowest BCUT2D eigenvalue weighted by atomic mass is 10.0. The van der Waals surface area contributed by atoms with E-state index < -0.39 is 13.9 Å². The molecule has 0 heterocycles. The Kier molecular flexibility index (Phi) is 22.0. The van der Waals surface area contributed by atoms with Gasteiger partial charge in [-0.15, -0.1) is 0 Å². The molecule has 2 atom stereocenters. The summed E-state index contributed by atoms with van der Waals surface area (Å²) in [7, 11) is -2.75. The Morgan fingerprint density at radius 2 is 1.34 bits per heavy atom. The normalized spacial score (nSPS) is 14.2. The molecular weight excluding hydrogens is 433 g/mol. The molecule has 0 fully saturated rings. The molecule has 0 amide bonds. The molecule has 0 aliphatic carbocycles. The molecule has 0 aliphatic rings. The van der Waals surface area contributed by atoms with Crippen molar-refractivity contribution in [2.24, 2.45) is 5.73 Å². The van der Waals surface area contributed by atoms with Crippen molar-refractivity contribution in [3.05, 3.63) is 0 Å². The molecule has 0 aromatic rings. The molecule has 9 heteroatoms. The lowest BCUT2D eigenvalue weighted by molar-refractivity contribution is -0.154. The van der Waals surface area contributed by atoms with Crippen LogP contribution < -0.4 is 5.73 Å². The zero-order valence-corrected chi connectivity index (χ0v) is 21.3. The molecule has 192 valence electrons. The van der Waals surface area contributed by atoms with Crippen molar-refractivity contribution < 1.29 is 32.8 Å². The zero-order chi connectivity index (χ0) is 23.9. The summed E-state index contributed by atoms with van der Waals surface area (Å²) in [6.07, 6.45) is 17.1. The molecule has 0 rings (SSSR count). The number of hydrogen-bond donors (Lipinski definition) is 2. The molecule has 0 saturated heterocycles. The Hall–Kier alpha value is -0.500. The minimum absolute atomic E-state index is 0.0708. The van der Waals surface area contributed by atoms with E-state index in [-0.39, 0.29) is 32.3 Å². The van der Waals surface area contributed by atoms with E-state index in [4.69, 9.17) is 19.7 Å². The van der Waals surface area contributed by atoms with Crippen LogP contribution in [0.25, 0.3) is 0 Å². The number of carbonyl (C=O) groups is 1. The van der Waals surface area contributed by atoms with E-state index in [1.165, 1.54) is 77.7 Å². The topological polar surface area (TPSA) is 117 Å². The fraction of sp³-hybridized carbons (Fsp3) is 0.957. The molecule has 0 aliphatic heterocycles. The van der Waals surface area contributed by atoms with Crippen LogP contribution in [0.1, 0.15) is 103 Å². The van der Waals surface area contributed by atoms with Gasteiger partial charge in [-0.1, -0.05) is 90.4 Å². The van der Waals surface area contributed by atoms with Crippen LogP contribution in [0.3, 0.4) is 0 Å². The van der Waals surface area contributed by atoms with Crippen LogP contribution >= 0.6 is 7.82 Å². The fourth-order valence-electron chi connectivity index (χ4n) is 3.39. The molecule has 1 unspecified atom stereocenters. The second-order valence-electron chi connectivity index (χ2n) is 8.30. The number of rotatable bonds is 24. The van der Waals surface area contributed by atoms with E-state index >= 15 is 0 Å². The third-order valence-corrected chi connectivity index (χ3v) is 6.17. The van der Waals surface area contributed by atoms with E-state index in [9.17, 15) is 14.3 Å². The van der Waals surface area contributed by atoms with Crippen LogP contribution in [-0.4, -0.2) is 50.4 Å². The number of phosphoric ester groups is 1. The summed E-state index contributed by atoms with van der Waals surface area (Å²) in [5.74, 6) is -0.356. The Morgan fingerprint density at radius 3 is 1.81 bits per heavy atom. The van der Waals surface area contributed by atoms with Crippen LogP contribution in [0.5, 0.6) is 0 Å². The number of methoxy groups -OCH3 is 1. The fourth-order valence-corrected chi connectivity index (χ4v) is 4.16. The molecular formula is C23H48NO7P. The maximum Gasteiger partial charge on any atom is 0.472 e. The lowest BCUT2D eigenvalue weighted by Crippen LogP contribution is -2.28. The summed E-state index contributed by atoms with van der Waals surface area (Å²) in [5.41, 5.74) is 5.23. The lowest BCUT2D eigenvalue weighted by Gasteiger charge is -2.19. The minimum atomic E-state index is -4.21. The van der Waals surface area contributed by atoms with Crippen LogP contribution in [0.15, 0.2) is 0 Å². The SMILES string of the molecule is CCCCCCCCCCCCCCCCC(=O)O[C@H](COC)COP(=O)(O)OCCN. The molecule has 0 spiro atoms. The number of ether oxygens (including phenoxy) is 2. The van der Waals surface area contributed by atoms with Gasteiger partial charge in [0.15, 0.2) is 0 Å². The third kappa shape index (κ3) is 21.4. The molecule has 3 N–H and O–H groups in total. The van der Waals surface area contributed by atoms with Crippen molar-refractivity contribution in [2.45, 2.75) is 109 Å². The van der Waals surface area contributed by atoms with E-state index in [2.05, 4.69) is 11.4 Å². The minimum Gasteiger partial charge on any atom is -0.457 e. The van der Waals surface area contributed by atoms with Gasteiger partial charge in [-0.3, -0.25) is 13.8 Å². The van der Waals surface area contributed by atoms with E-state index in [0.717, 1.165) is 19.3 Å². The number of phosphoric acid groups is 1. The van der Waals surface area contributed by atoms with Crippen molar-refractivity contribution in [3.8, 4) is 0 Å². The number of hydrogen-bond acceptors (Lipinski definition) is 7. The smallest absolute Gasteiger partial charge is 0.457 e. The molecule has 0 saturated carbocycles. The third-order valence-electron chi connectivity index (χ3n) is 5.18. The Labute approximate surface area is 195 Å². The summed E-state index contributed by atoms with van der Waals surface area (Å²) in [6.45, 7) is 2.05. The summed E-state index contributed by atoms with van der Waals surface area (Å²) in [4.78, 5) is 21.5. The molecule has 0 radical (unpaired) electrons. The van der Waals surface area contributed by atoms with E-state index in [0.29, 0.717) is 6.42 Å². The highest BCUT2D eigenvalue weighted by Crippen LogP contribution is 2.43. The van der Waals surface area contributed by atoms with Crippen LogP contribution in [0.2, 0.25) is 0 Å². The van der Waals surface area contributed by atoms with E-state index in [1.54, 1.807) is 0 Å². The van der Waals surface area contributed by atoms with E-state index in [1.807, 2.05) is 0 Å². The second kappa shape index (κ2) is 22.3. The van der Waals surface area contributed by atoms with Gasteiger partial charge in [0.2, 0.25) is 0 Å². The van der Waals surface area contributed by atoms with Gasteiger partial charge in [0.1, 0.15) is 6.10 Å². The first kappa shape index (κ1) is 31.5. The number of unbranched alkanes of at least 4 members (excludes halogenated alkanes) is 13. The van der Waals surface area contributed by atoms with Gasteiger partial charge in [0.25, 0.3) is 0 Å². The van der Waals surface area contributed by atoms with Crippen molar-refractivity contribution >= 4 is 13.8 Å². The first-order valence-electron chi connectivity index (χ1n) is 12.5. The standard InChI is InChI=1S/C23H48NO7P/c1-3-4-5-6-7-8-9-10-11-12-13-14-15-16-17-23(25)31-22(20-28-2)21-30-32(26,27)29-19-18-24/h22H,3-21,24H2,1-2H3,(H,26,27)/t22-/m1/s1. The molecule has 32 heavy (non-hydrogen) atoms. The van der Waals surface area contributed by atoms with Crippen molar-refractivity contribution in [1.82, 2.24) is 0 Å². The van der Waals surface area contributed by atoms with Gasteiger partial charge >= 0.3 is 13.8 Å². The van der Waals surface area contributed by atoms with Crippen LogP contribution in [0.4, 0.5) is 0 Å². The van der Waals surface area contributed by atoms with Gasteiger partial charge in [-0.25, -0.2) is 4.57 Å². The van der Waals surface area contributed by atoms with Crippen molar-refractivity contribution in [1.29, 1.82) is 0 Å². The van der Waals surface area contributed by atoms with Gasteiger partial charge < -0.3 is 20.1 Å². The first-order valence-corrected chi connectivity index (χ1v) is 13.9. The maximum absolute atomic E-state index is 12.0. The Morgan fingerprint density at radius 1 is 0.844 bits per heavy atom. The predicted octanol–water partition coefficient (Wildman–Crippen LogP) is 5.51. The quantitative estimate of drug-likeness (QED) is 0.105. The predicted molar refractivity (Wildman–Crippen MR) is 127 cm³/mol. The molecule has 0 aromatic carbocycles. The number of nitrogens with two attached hydrogens (primary N) is 1. The van der Waals surface area contributed by atoms with Crippen LogP contribution in [0, 0.1) is 0 Å². The highest BCUT2D eigenvalue weighted by Gasteiger charge is 2.24. The van der Waals surface area contributed by atoms with Crippen molar-refractivity contribution in [2.75, 3.05) is 33.5 Å². The second-order valence-corrected chi connectivity index (χ2v) is 9.75. The number of carbonyl (C=O) groups excluding carboxylic acids is 1. The summed E-state index contributed by atoms with van der Waals surface area (Å²) < 4.78 is 31.5. The summed E-state index contributed by atoms with van der Waals surface area (Å²) in [5, 5.41) is 0. The van der Waals surface area contributed by atoms with Crippen molar-refractivity contribution in [3.63, 3.8) is 0 Å². The molecule has 8 nitrogen and oxygen atoms in total. The average Bonchev–Trinajstić information content (AvgIpc) is 2.76. The maximum atomic E-state index is 12.0. The van der Waals surface area contributed by atoms with Gasteiger partial charge in [-0.2, -0.15) is 0 Å². The van der Waals surface area contributed by atoms with Gasteiger partial charge in [0, 0.05) is 20.1 Å². The average molecular weight is 482 g/mol. The highest BCUT2D eigenvalue weighted by atomic mass is 31.2.